The average molecular weight is 539 g/mol. The van der Waals surface area contributed by atoms with Crippen LogP contribution in [0.2, 0.25) is 0 Å². The summed E-state index contributed by atoms with van der Waals surface area (Å²) in [7, 11) is 0. The van der Waals surface area contributed by atoms with Crippen LogP contribution in [-0.2, 0) is 12.8 Å². The standard InChI is InChI=1S/C40H58/c1-3-5-7-9-11-12-14-16-18-36-21-25-38(26-22-36)28-30-40-33-31-39(32-34-40)29-27-37-23-19-35(20-24-37)17-15-13-10-8-6-4-2/h6,8,19-20,23-24,31-34,36,38H,3-5,7,9-18,21-22,25-26,28,30H2,1-2H3/b8-6+. The molecule has 1 aliphatic carbocycles. The molecular formula is C40H58. The molecule has 1 aliphatic rings. The van der Waals surface area contributed by atoms with E-state index in [1.165, 1.54) is 127 Å². The first-order valence-electron chi connectivity index (χ1n) is 17.1. The van der Waals surface area contributed by atoms with E-state index in [-0.39, 0.29) is 0 Å². The van der Waals surface area contributed by atoms with Crippen molar-refractivity contribution in [2.45, 2.75) is 142 Å². The molecule has 0 aromatic heterocycles. The first-order valence-corrected chi connectivity index (χ1v) is 17.1. The molecule has 0 atom stereocenters. The smallest absolute Gasteiger partial charge is 0.0249 e. The summed E-state index contributed by atoms with van der Waals surface area (Å²) in [5.74, 6) is 8.68. The second-order valence-electron chi connectivity index (χ2n) is 12.5. The van der Waals surface area contributed by atoms with Gasteiger partial charge in [-0.1, -0.05) is 146 Å². The predicted octanol–water partition coefficient (Wildman–Crippen LogP) is 12.0. The molecule has 0 N–H and O–H groups in total. The quantitative estimate of drug-likeness (QED) is 0.101. The van der Waals surface area contributed by atoms with E-state index in [1.807, 2.05) is 0 Å². The van der Waals surface area contributed by atoms with Gasteiger partial charge < -0.3 is 0 Å². The largest absolute Gasteiger partial charge is 0.0888 e. The number of benzene rings is 2. The molecule has 3 rings (SSSR count). The molecule has 0 heterocycles. The first kappa shape index (κ1) is 32.3. The minimum atomic E-state index is 0.940. The van der Waals surface area contributed by atoms with Gasteiger partial charge in [0, 0.05) is 11.1 Å². The van der Waals surface area contributed by atoms with Gasteiger partial charge in [0.2, 0.25) is 0 Å². The van der Waals surface area contributed by atoms with E-state index in [4.69, 9.17) is 0 Å². The molecule has 0 spiro atoms. The molecule has 1 fully saturated rings. The predicted molar refractivity (Wildman–Crippen MR) is 177 cm³/mol. The molecule has 218 valence electrons. The molecule has 0 aliphatic heterocycles. The lowest BCUT2D eigenvalue weighted by molar-refractivity contribution is 0.248. The molecule has 0 saturated heterocycles. The summed E-state index contributed by atoms with van der Waals surface area (Å²) in [4.78, 5) is 0. The van der Waals surface area contributed by atoms with Crippen molar-refractivity contribution in [1.29, 1.82) is 0 Å². The molecule has 1 saturated carbocycles. The summed E-state index contributed by atoms with van der Waals surface area (Å²) in [5, 5.41) is 0. The summed E-state index contributed by atoms with van der Waals surface area (Å²) in [5.41, 5.74) is 5.12. The van der Waals surface area contributed by atoms with Crippen molar-refractivity contribution >= 4 is 0 Å². The Morgan fingerprint density at radius 3 is 1.65 bits per heavy atom. The molecular weight excluding hydrogens is 480 g/mol. The molecule has 0 nitrogen and oxygen atoms in total. The zero-order valence-corrected chi connectivity index (χ0v) is 26.1. The highest BCUT2D eigenvalue weighted by Gasteiger charge is 2.20. The van der Waals surface area contributed by atoms with Crippen LogP contribution in [0.3, 0.4) is 0 Å². The third-order valence-electron chi connectivity index (χ3n) is 9.02. The Hall–Kier alpha value is -2.26. The van der Waals surface area contributed by atoms with Crippen LogP contribution in [0.4, 0.5) is 0 Å². The summed E-state index contributed by atoms with van der Waals surface area (Å²) in [6.07, 6.45) is 32.1. The second-order valence-corrected chi connectivity index (χ2v) is 12.5. The number of hydrogen-bond acceptors (Lipinski definition) is 0. The highest BCUT2D eigenvalue weighted by Crippen LogP contribution is 2.34. The van der Waals surface area contributed by atoms with Gasteiger partial charge in [-0.15, -0.1) is 0 Å². The highest BCUT2D eigenvalue weighted by atomic mass is 14.3. The molecule has 0 bridgehead atoms. The summed E-state index contributed by atoms with van der Waals surface area (Å²) < 4.78 is 0. The van der Waals surface area contributed by atoms with E-state index in [0.29, 0.717) is 0 Å². The average Bonchev–Trinajstić information content (AvgIpc) is 3.00. The van der Waals surface area contributed by atoms with Gasteiger partial charge in [0.1, 0.15) is 0 Å². The Kier molecular flexibility index (Phi) is 16.6. The number of allylic oxidation sites excluding steroid dienone is 2. The van der Waals surface area contributed by atoms with Crippen molar-refractivity contribution in [3.63, 3.8) is 0 Å². The van der Waals surface area contributed by atoms with Crippen LogP contribution in [0.15, 0.2) is 60.7 Å². The lowest BCUT2D eigenvalue weighted by Gasteiger charge is -2.28. The van der Waals surface area contributed by atoms with Crippen LogP contribution in [0.5, 0.6) is 0 Å². The minimum Gasteiger partial charge on any atom is -0.0888 e. The fraction of sp³-hybridized carbons (Fsp3) is 0.600. The molecule has 0 heteroatoms. The van der Waals surface area contributed by atoms with E-state index in [9.17, 15) is 0 Å². The maximum atomic E-state index is 3.37. The van der Waals surface area contributed by atoms with Gasteiger partial charge in [-0.05, 0) is 92.2 Å². The number of unbranched alkanes of at least 4 members (excludes halogenated alkanes) is 9. The van der Waals surface area contributed by atoms with Crippen LogP contribution in [0.1, 0.15) is 152 Å². The van der Waals surface area contributed by atoms with Gasteiger partial charge in [-0.25, -0.2) is 0 Å². The van der Waals surface area contributed by atoms with Crippen LogP contribution in [-0.4, -0.2) is 0 Å². The Morgan fingerprint density at radius 2 is 1.07 bits per heavy atom. The molecule has 0 amide bonds. The monoisotopic (exact) mass is 538 g/mol. The zero-order chi connectivity index (χ0) is 28.1. The molecule has 0 radical (unpaired) electrons. The molecule has 2 aromatic rings. The van der Waals surface area contributed by atoms with E-state index in [1.54, 1.807) is 0 Å². The Bertz CT molecular complexity index is 973. The van der Waals surface area contributed by atoms with Crippen molar-refractivity contribution in [3.8, 4) is 11.8 Å². The Balaban J connectivity index is 1.27. The van der Waals surface area contributed by atoms with Gasteiger partial charge >= 0.3 is 0 Å². The molecule has 0 unspecified atom stereocenters. The highest BCUT2D eigenvalue weighted by molar-refractivity contribution is 5.44. The normalized spacial score (nSPS) is 17.1. The lowest BCUT2D eigenvalue weighted by atomic mass is 9.77. The first-order chi connectivity index (χ1) is 19.8. The van der Waals surface area contributed by atoms with E-state index in [0.717, 1.165) is 35.8 Å². The van der Waals surface area contributed by atoms with Gasteiger partial charge in [0.15, 0.2) is 0 Å². The Morgan fingerprint density at radius 1 is 0.550 bits per heavy atom. The van der Waals surface area contributed by atoms with Crippen LogP contribution < -0.4 is 0 Å². The van der Waals surface area contributed by atoms with Crippen molar-refractivity contribution in [1.82, 2.24) is 0 Å². The number of hydrogen-bond donors (Lipinski definition) is 0. The fourth-order valence-corrected chi connectivity index (χ4v) is 6.28. The second kappa shape index (κ2) is 20.6. The Labute approximate surface area is 248 Å². The van der Waals surface area contributed by atoms with E-state index < -0.39 is 0 Å². The van der Waals surface area contributed by atoms with Gasteiger partial charge in [-0.3, -0.25) is 0 Å². The van der Waals surface area contributed by atoms with Crippen LogP contribution >= 0.6 is 0 Å². The van der Waals surface area contributed by atoms with Gasteiger partial charge in [0.25, 0.3) is 0 Å². The van der Waals surface area contributed by atoms with Crippen LogP contribution in [0, 0.1) is 23.7 Å². The molecule has 2 aromatic carbocycles. The van der Waals surface area contributed by atoms with Crippen molar-refractivity contribution < 1.29 is 0 Å². The fourth-order valence-electron chi connectivity index (χ4n) is 6.28. The maximum absolute atomic E-state index is 3.37. The van der Waals surface area contributed by atoms with E-state index >= 15 is 0 Å². The van der Waals surface area contributed by atoms with Crippen molar-refractivity contribution in [2.24, 2.45) is 11.8 Å². The number of rotatable bonds is 18. The van der Waals surface area contributed by atoms with Gasteiger partial charge in [0.05, 0.1) is 0 Å². The van der Waals surface area contributed by atoms with E-state index in [2.05, 4.69) is 86.4 Å². The third kappa shape index (κ3) is 13.9. The minimum absolute atomic E-state index is 0.940. The van der Waals surface area contributed by atoms with Crippen molar-refractivity contribution in [3.05, 3.63) is 82.9 Å². The summed E-state index contributed by atoms with van der Waals surface area (Å²) >= 11 is 0. The van der Waals surface area contributed by atoms with Crippen molar-refractivity contribution in [2.75, 3.05) is 0 Å². The maximum Gasteiger partial charge on any atom is 0.0249 e. The molecule has 40 heavy (non-hydrogen) atoms. The van der Waals surface area contributed by atoms with Gasteiger partial charge in [-0.2, -0.15) is 0 Å². The van der Waals surface area contributed by atoms with Crippen LogP contribution in [0.25, 0.3) is 0 Å². The summed E-state index contributed by atoms with van der Waals surface area (Å²) in [6.45, 7) is 4.50. The lowest BCUT2D eigenvalue weighted by Crippen LogP contribution is -2.15. The zero-order valence-electron chi connectivity index (χ0n) is 26.1. The SMILES string of the molecule is CC/C=C/CCCCc1ccc(C#Cc2ccc(CCC3CCC(CCCCCCCCCC)CC3)cc2)cc1. The number of aryl methyl sites for hydroxylation is 2. The topological polar surface area (TPSA) is 0 Å². The third-order valence-corrected chi connectivity index (χ3v) is 9.02. The summed E-state index contributed by atoms with van der Waals surface area (Å²) in [6, 6.07) is 17.9.